The van der Waals surface area contributed by atoms with Crippen LogP contribution in [0.25, 0.3) is 11.1 Å². The lowest BCUT2D eigenvalue weighted by molar-refractivity contribution is 0.343. The Balaban J connectivity index is 1.65. The second-order valence-electron chi connectivity index (χ2n) is 16.4. The molecule has 0 saturated carbocycles. The average molecular weight is 625 g/mol. The van der Waals surface area contributed by atoms with Gasteiger partial charge >= 0.3 is 0 Å². The van der Waals surface area contributed by atoms with Gasteiger partial charge in [0.25, 0.3) is 0 Å². The van der Waals surface area contributed by atoms with E-state index in [-0.39, 0.29) is 33.3 Å². The molecule has 0 aliphatic carbocycles. The maximum atomic E-state index is 12.1. The van der Waals surface area contributed by atoms with Crippen LogP contribution in [0.5, 0.6) is 11.5 Å². The third-order valence-corrected chi connectivity index (χ3v) is 10.1. The van der Waals surface area contributed by atoms with Crippen LogP contribution in [0.4, 0.5) is 0 Å². The fourth-order valence-electron chi connectivity index (χ4n) is 6.96. The number of hydrogen-bond donors (Lipinski definition) is 2. The molecule has 244 valence electrons. The molecule has 5 aromatic rings. The van der Waals surface area contributed by atoms with Crippen molar-refractivity contribution >= 4 is 0 Å². The summed E-state index contributed by atoms with van der Waals surface area (Å²) in [5.41, 5.74) is 9.29. The number of phenols is 2. The third-order valence-electron chi connectivity index (χ3n) is 10.1. The average Bonchev–Trinajstić information content (AvgIpc) is 3.02. The SMILES string of the molecule is CC(C)(C)c1cc(C(C)(C)c2cccc(C(C)(C)c3ccc(O)cc3)c2)cc(C(c2ccc(-c3ccccc3)cc2)C(C)(C)C)c1O. The monoisotopic (exact) mass is 624 g/mol. The lowest BCUT2D eigenvalue weighted by atomic mass is 9.68. The molecule has 0 aromatic heterocycles. The van der Waals surface area contributed by atoms with Crippen molar-refractivity contribution in [3.63, 3.8) is 0 Å². The minimum Gasteiger partial charge on any atom is -0.508 e. The molecule has 47 heavy (non-hydrogen) atoms. The number of phenolic OH excluding ortho intramolecular Hbond substituents is 2. The molecule has 0 aliphatic rings. The molecular formula is C45H52O2. The van der Waals surface area contributed by atoms with E-state index in [2.05, 4.69) is 154 Å². The summed E-state index contributed by atoms with van der Waals surface area (Å²) in [6.07, 6.45) is 0. The topological polar surface area (TPSA) is 40.5 Å². The second-order valence-corrected chi connectivity index (χ2v) is 16.4. The van der Waals surface area contributed by atoms with Crippen LogP contribution in [0.1, 0.15) is 114 Å². The Labute approximate surface area is 283 Å². The van der Waals surface area contributed by atoms with Crippen molar-refractivity contribution in [3.8, 4) is 22.6 Å². The van der Waals surface area contributed by atoms with Crippen LogP contribution in [0.3, 0.4) is 0 Å². The Morgan fingerprint density at radius 2 is 1.00 bits per heavy atom. The Morgan fingerprint density at radius 3 is 1.53 bits per heavy atom. The Morgan fingerprint density at radius 1 is 0.468 bits per heavy atom. The molecule has 5 aromatic carbocycles. The van der Waals surface area contributed by atoms with Gasteiger partial charge in [-0.1, -0.05) is 172 Å². The molecule has 0 heterocycles. The van der Waals surface area contributed by atoms with E-state index in [0.29, 0.717) is 5.75 Å². The van der Waals surface area contributed by atoms with E-state index in [9.17, 15) is 10.2 Å². The first kappa shape index (κ1) is 34.0. The van der Waals surface area contributed by atoms with Gasteiger partial charge in [-0.2, -0.15) is 0 Å². The minimum atomic E-state index is -0.344. The molecular weight excluding hydrogens is 572 g/mol. The summed E-state index contributed by atoms with van der Waals surface area (Å²) in [4.78, 5) is 0. The summed E-state index contributed by atoms with van der Waals surface area (Å²) in [5, 5.41) is 22.0. The van der Waals surface area contributed by atoms with Crippen molar-refractivity contribution in [1.29, 1.82) is 0 Å². The van der Waals surface area contributed by atoms with Gasteiger partial charge in [0.05, 0.1) is 0 Å². The maximum Gasteiger partial charge on any atom is 0.123 e. The van der Waals surface area contributed by atoms with Crippen molar-refractivity contribution in [2.24, 2.45) is 5.41 Å². The highest BCUT2D eigenvalue weighted by Gasteiger charge is 2.36. The van der Waals surface area contributed by atoms with Crippen LogP contribution in [0.15, 0.2) is 115 Å². The van der Waals surface area contributed by atoms with Crippen LogP contribution in [0.2, 0.25) is 0 Å². The maximum absolute atomic E-state index is 12.1. The van der Waals surface area contributed by atoms with Gasteiger partial charge in [-0.15, -0.1) is 0 Å². The van der Waals surface area contributed by atoms with Crippen LogP contribution >= 0.6 is 0 Å². The highest BCUT2D eigenvalue weighted by Crippen LogP contribution is 2.49. The van der Waals surface area contributed by atoms with E-state index in [1.54, 1.807) is 12.1 Å². The van der Waals surface area contributed by atoms with Crippen LogP contribution in [-0.2, 0) is 16.2 Å². The largest absolute Gasteiger partial charge is 0.508 e. The van der Waals surface area contributed by atoms with E-state index in [4.69, 9.17) is 0 Å². The number of aromatic hydroxyl groups is 2. The van der Waals surface area contributed by atoms with Gasteiger partial charge < -0.3 is 10.2 Å². The number of rotatable bonds is 7. The quantitative estimate of drug-likeness (QED) is 0.189. The zero-order valence-electron chi connectivity index (χ0n) is 29.9. The summed E-state index contributed by atoms with van der Waals surface area (Å²) in [6, 6.07) is 40.3. The Kier molecular flexibility index (Phi) is 8.97. The van der Waals surface area contributed by atoms with E-state index in [0.717, 1.165) is 16.7 Å². The molecule has 0 radical (unpaired) electrons. The van der Waals surface area contributed by atoms with Gasteiger partial charge in [0.15, 0.2) is 0 Å². The molecule has 2 N–H and O–H groups in total. The van der Waals surface area contributed by atoms with Crippen molar-refractivity contribution in [3.05, 3.63) is 154 Å². The van der Waals surface area contributed by atoms with Crippen LogP contribution < -0.4 is 0 Å². The predicted molar refractivity (Wildman–Crippen MR) is 199 cm³/mol. The fraction of sp³-hybridized carbons (Fsp3) is 0.333. The van der Waals surface area contributed by atoms with Crippen LogP contribution in [-0.4, -0.2) is 10.2 Å². The van der Waals surface area contributed by atoms with E-state index >= 15 is 0 Å². The standard InChI is InChI=1S/C45H52O2/c1-42(2,3)39-29-36(45(9,10)35-18-14-17-34(27-35)44(7,8)33-23-25-37(46)26-24-33)28-38(41(39)47)40(43(4,5)6)32-21-19-31(20-22-32)30-15-12-11-13-16-30/h11-29,40,46-47H,1-10H3. The molecule has 5 rings (SSSR count). The van der Waals surface area contributed by atoms with Crippen molar-refractivity contribution in [2.75, 3.05) is 0 Å². The highest BCUT2D eigenvalue weighted by atomic mass is 16.3. The molecule has 1 atom stereocenters. The zero-order chi connectivity index (χ0) is 34.4. The molecule has 2 nitrogen and oxygen atoms in total. The lowest BCUT2D eigenvalue weighted by Gasteiger charge is -2.37. The van der Waals surface area contributed by atoms with Crippen LogP contribution in [0, 0.1) is 5.41 Å². The second kappa shape index (κ2) is 12.4. The van der Waals surface area contributed by atoms with Gasteiger partial charge in [-0.05, 0) is 67.5 Å². The van der Waals surface area contributed by atoms with E-state index < -0.39 is 0 Å². The van der Waals surface area contributed by atoms with Crippen molar-refractivity contribution in [2.45, 2.75) is 91.4 Å². The van der Waals surface area contributed by atoms with Gasteiger partial charge in [0, 0.05) is 22.3 Å². The molecule has 0 fully saturated rings. The minimum absolute atomic E-state index is 0.0241. The Hall–Kier alpha value is -4.30. The van der Waals surface area contributed by atoms with Crippen molar-refractivity contribution in [1.82, 2.24) is 0 Å². The van der Waals surface area contributed by atoms with Gasteiger partial charge in [-0.3, -0.25) is 0 Å². The summed E-state index contributed by atoms with van der Waals surface area (Å²) in [6.45, 7) is 22.4. The molecule has 0 spiro atoms. The summed E-state index contributed by atoms with van der Waals surface area (Å²) in [7, 11) is 0. The normalized spacial score (nSPS) is 13.4. The molecule has 0 aliphatic heterocycles. The zero-order valence-corrected chi connectivity index (χ0v) is 29.9. The molecule has 0 amide bonds. The summed E-state index contributed by atoms with van der Waals surface area (Å²) in [5.74, 6) is 0.646. The van der Waals surface area contributed by atoms with Gasteiger partial charge in [0.2, 0.25) is 0 Å². The fourth-order valence-corrected chi connectivity index (χ4v) is 6.96. The molecule has 2 heteroatoms. The first-order chi connectivity index (χ1) is 21.9. The van der Waals surface area contributed by atoms with Crippen molar-refractivity contribution < 1.29 is 10.2 Å². The van der Waals surface area contributed by atoms with Gasteiger partial charge in [-0.25, -0.2) is 0 Å². The summed E-state index contributed by atoms with van der Waals surface area (Å²) < 4.78 is 0. The lowest BCUT2D eigenvalue weighted by Crippen LogP contribution is -2.26. The third kappa shape index (κ3) is 6.89. The van der Waals surface area contributed by atoms with E-state index in [1.807, 2.05) is 18.2 Å². The molecule has 0 saturated heterocycles. The first-order valence-corrected chi connectivity index (χ1v) is 16.8. The number of benzene rings is 5. The highest BCUT2D eigenvalue weighted by molar-refractivity contribution is 5.64. The Bertz CT molecular complexity index is 1830. The smallest absolute Gasteiger partial charge is 0.123 e. The predicted octanol–water partition coefficient (Wildman–Crippen LogP) is 11.9. The van der Waals surface area contributed by atoms with E-state index in [1.165, 1.54) is 33.4 Å². The summed E-state index contributed by atoms with van der Waals surface area (Å²) >= 11 is 0. The van der Waals surface area contributed by atoms with Gasteiger partial charge in [0.1, 0.15) is 11.5 Å². The number of hydrogen-bond acceptors (Lipinski definition) is 2. The molecule has 0 bridgehead atoms. The molecule has 1 unspecified atom stereocenters. The first-order valence-electron chi connectivity index (χ1n) is 16.8.